The highest BCUT2D eigenvalue weighted by atomic mass is 35.5. The van der Waals surface area contributed by atoms with E-state index in [1.165, 1.54) is 7.11 Å². The van der Waals surface area contributed by atoms with Crippen LogP contribution in [0.3, 0.4) is 0 Å². The van der Waals surface area contributed by atoms with Gasteiger partial charge >= 0.3 is 5.97 Å². The quantitative estimate of drug-likeness (QED) is 0.401. The van der Waals surface area contributed by atoms with Crippen molar-refractivity contribution in [1.29, 1.82) is 5.41 Å². The van der Waals surface area contributed by atoms with Gasteiger partial charge in [-0.1, -0.05) is 0 Å². The number of nitrogens with one attached hydrogen (secondary N) is 1. The Balaban J connectivity index is 0. The summed E-state index contributed by atoms with van der Waals surface area (Å²) in [5, 5.41) is 6.21. The summed E-state index contributed by atoms with van der Waals surface area (Å²) in [6.45, 7) is 0. The average molecular weight is 124 g/mol. The Hall–Kier alpha value is -0.570. The number of ether oxygens (including phenoxy) is 1. The van der Waals surface area contributed by atoms with E-state index >= 15 is 0 Å². The molecule has 0 aliphatic carbocycles. The third kappa shape index (κ3) is 5.43. The summed E-state index contributed by atoms with van der Waals surface area (Å²) < 4.78 is 4.02. The lowest BCUT2D eigenvalue weighted by atomic mass is 10.8. The number of methoxy groups -OCH3 is 1. The fourth-order valence-corrected chi connectivity index (χ4v) is 0.0589. The number of esters is 1. The highest BCUT2D eigenvalue weighted by Gasteiger charge is 1.84. The Morgan fingerprint density at radius 1 is 1.86 bits per heavy atom. The molecule has 0 unspecified atom stereocenters. The molecule has 0 saturated carbocycles. The maximum atomic E-state index is 9.72. The molecule has 0 rings (SSSR count). The van der Waals surface area contributed by atoms with E-state index in [4.69, 9.17) is 5.41 Å². The molecule has 0 spiro atoms. The SMILES string of the molecule is COC(=O)C=N.Cl. The molecule has 1 N–H and O–H groups in total. The standard InChI is InChI=1S/C3H5NO2.ClH/c1-6-3(5)2-4;/h2,4H,1H3;1H. The Morgan fingerprint density at radius 2 is 2.29 bits per heavy atom. The van der Waals surface area contributed by atoms with Crippen LogP contribution in [0.2, 0.25) is 0 Å². The Kier molecular flexibility index (Phi) is 7.49. The first-order valence-electron chi connectivity index (χ1n) is 1.39. The molecule has 3 nitrogen and oxygen atoms in total. The molecule has 0 fully saturated rings. The zero-order valence-electron chi connectivity index (χ0n) is 3.80. The van der Waals surface area contributed by atoms with Crippen molar-refractivity contribution in [3.05, 3.63) is 0 Å². The van der Waals surface area contributed by atoms with Crippen LogP contribution in [-0.4, -0.2) is 19.3 Å². The van der Waals surface area contributed by atoms with E-state index in [1.54, 1.807) is 0 Å². The van der Waals surface area contributed by atoms with Crippen LogP contribution in [0.5, 0.6) is 0 Å². The highest BCUT2D eigenvalue weighted by molar-refractivity contribution is 6.21. The van der Waals surface area contributed by atoms with Crippen LogP contribution in [0.4, 0.5) is 0 Å². The van der Waals surface area contributed by atoms with Gasteiger partial charge in [-0.3, -0.25) is 0 Å². The zero-order valence-corrected chi connectivity index (χ0v) is 4.62. The zero-order chi connectivity index (χ0) is 4.99. The lowest BCUT2D eigenvalue weighted by Gasteiger charge is -1.81. The summed E-state index contributed by atoms with van der Waals surface area (Å²) in [5.41, 5.74) is 0. The van der Waals surface area contributed by atoms with E-state index in [9.17, 15) is 4.79 Å². The third-order valence-corrected chi connectivity index (χ3v) is 0.319. The number of halogens is 1. The van der Waals surface area contributed by atoms with Gasteiger partial charge in [0.15, 0.2) is 0 Å². The van der Waals surface area contributed by atoms with Crippen LogP contribution in [0.1, 0.15) is 0 Å². The summed E-state index contributed by atoms with van der Waals surface area (Å²) in [6.07, 6.45) is 0.611. The monoisotopic (exact) mass is 123 g/mol. The van der Waals surface area contributed by atoms with E-state index in [0.717, 1.165) is 0 Å². The van der Waals surface area contributed by atoms with Crippen molar-refractivity contribution in [2.24, 2.45) is 0 Å². The van der Waals surface area contributed by atoms with Gasteiger partial charge in [0, 0.05) is 0 Å². The molecule has 4 heteroatoms. The number of carbonyl (C=O) groups is 1. The largest absolute Gasteiger partial charge is 0.465 e. The molecule has 42 valence electrons. The predicted molar refractivity (Wildman–Crippen MR) is 28.0 cm³/mol. The van der Waals surface area contributed by atoms with Crippen molar-refractivity contribution < 1.29 is 9.53 Å². The van der Waals surface area contributed by atoms with Gasteiger partial charge in [-0.25, -0.2) is 4.79 Å². The molecule has 0 aliphatic rings. The molecule has 0 amide bonds. The topological polar surface area (TPSA) is 50.2 Å². The molecule has 0 bridgehead atoms. The van der Waals surface area contributed by atoms with Crippen LogP contribution in [0.15, 0.2) is 0 Å². The van der Waals surface area contributed by atoms with E-state index in [-0.39, 0.29) is 12.4 Å². The third-order valence-electron chi connectivity index (χ3n) is 0.319. The van der Waals surface area contributed by atoms with E-state index in [0.29, 0.717) is 6.21 Å². The average Bonchev–Trinajstić information content (AvgIpc) is 1.65. The minimum absolute atomic E-state index is 0. The fourth-order valence-electron chi connectivity index (χ4n) is 0.0589. The van der Waals surface area contributed by atoms with Gasteiger partial charge in [0.25, 0.3) is 0 Å². The Labute approximate surface area is 47.6 Å². The smallest absolute Gasteiger partial charge is 0.348 e. The van der Waals surface area contributed by atoms with Gasteiger partial charge in [-0.15, -0.1) is 12.4 Å². The first-order chi connectivity index (χ1) is 2.81. The number of hydrogen-bond donors (Lipinski definition) is 1. The second kappa shape index (κ2) is 5.43. The Morgan fingerprint density at radius 3 is 2.29 bits per heavy atom. The Bertz CT molecular complexity index is 73.3. The van der Waals surface area contributed by atoms with Crippen molar-refractivity contribution in [2.45, 2.75) is 0 Å². The van der Waals surface area contributed by atoms with E-state index in [2.05, 4.69) is 4.74 Å². The molecule has 0 aromatic carbocycles. The second-order valence-electron chi connectivity index (χ2n) is 0.667. The first kappa shape index (κ1) is 9.66. The maximum absolute atomic E-state index is 9.72. The van der Waals surface area contributed by atoms with Gasteiger partial charge in [-0.2, -0.15) is 0 Å². The normalized spacial score (nSPS) is 5.86. The summed E-state index contributed by atoms with van der Waals surface area (Å²) in [6, 6.07) is 0. The van der Waals surface area contributed by atoms with Gasteiger partial charge < -0.3 is 10.1 Å². The molecule has 0 radical (unpaired) electrons. The van der Waals surface area contributed by atoms with Crippen molar-refractivity contribution in [2.75, 3.05) is 7.11 Å². The second-order valence-corrected chi connectivity index (χ2v) is 0.667. The minimum Gasteiger partial charge on any atom is -0.465 e. The lowest BCUT2D eigenvalue weighted by molar-refractivity contribution is -0.132. The summed E-state index contributed by atoms with van der Waals surface area (Å²) in [4.78, 5) is 9.72. The summed E-state index contributed by atoms with van der Waals surface area (Å²) >= 11 is 0. The molecule has 0 saturated heterocycles. The van der Waals surface area contributed by atoms with Crippen molar-refractivity contribution in [3.63, 3.8) is 0 Å². The maximum Gasteiger partial charge on any atom is 0.348 e. The van der Waals surface area contributed by atoms with Crippen LogP contribution < -0.4 is 0 Å². The van der Waals surface area contributed by atoms with Crippen LogP contribution in [0, 0.1) is 5.41 Å². The molecule has 0 aromatic rings. The van der Waals surface area contributed by atoms with Gasteiger partial charge in [0.05, 0.1) is 7.11 Å². The van der Waals surface area contributed by atoms with E-state index < -0.39 is 5.97 Å². The fraction of sp³-hybridized carbons (Fsp3) is 0.333. The number of carbonyl (C=O) groups excluding carboxylic acids is 1. The number of rotatable bonds is 1. The van der Waals surface area contributed by atoms with Crippen LogP contribution in [0.25, 0.3) is 0 Å². The predicted octanol–water partition coefficient (Wildman–Crippen LogP) is 0.231. The molecule has 0 aliphatic heterocycles. The van der Waals surface area contributed by atoms with Crippen LogP contribution >= 0.6 is 12.4 Å². The van der Waals surface area contributed by atoms with E-state index in [1.807, 2.05) is 0 Å². The first-order valence-corrected chi connectivity index (χ1v) is 1.39. The molecular formula is C3H6ClNO2. The molecular weight excluding hydrogens is 117 g/mol. The lowest BCUT2D eigenvalue weighted by Crippen LogP contribution is -1.98. The van der Waals surface area contributed by atoms with Crippen LogP contribution in [-0.2, 0) is 9.53 Å². The van der Waals surface area contributed by atoms with Crippen molar-refractivity contribution in [3.8, 4) is 0 Å². The molecule has 0 heterocycles. The molecule has 0 aromatic heterocycles. The van der Waals surface area contributed by atoms with Crippen molar-refractivity contribution >= 4 is 24.6 Å². The molecule has 0 atom stereocenters. The molecule has 7 heavy (non-hydrogen) atoms. The van der Waals surface area contributed by atoms with Gasteiger partial charge in [0.1, 0.15) is 6.21 Å². The van der Waals surface area contributed by atoms with Crippen molar-refractivity contribution in [1.82, 2.24) is 0 Å². The number of hydrogen-bond acceptors (Lipinski definition) is 3. The summed E-state index contributed by atoms with van der Waals surface area (Å²) in [5.74, 6) is -0.616. The van der Waals surface area contributed by atoms with Gasteiger partial charge in [-0.05, 0) is 0 Å². The minimum atomic E-state index is -0.616. The summed E-state index contributed by atoms with van der Waals surface area (Å²) in [7, 11) is 1.23. The van der Waals surface area contributed by atoms with Gasteiger partial charge in [0.2, 0.25) is 0 Å². The highest BCUT2D eigenvalue weighted by Crippen LogP contribution is 1.58.